The molecular formula is C14H20FNO3. The molecule has 1 aromatic rings. The molecule has 0 aliphatic heterocycles. The van der Waals surface area contributed by atoms with Crippen LogP contribution in [-0.2, 0) is 11.2 Å². The zero-order valence-electron chi connectivity index (χ0n) is 11.1. The number of rotatable bonds is 8. The summed E-state index contributed by atoms with van der Waals surface area (Å²) in [6.07, 6.45) is 0.270. The maximum atomic E-state index is 13.0. The van der Waals surface area contributed by atoms with Gasteiger partial charge >= 0.3 is 5.97 Å². The number of halogens is 1. The highest BCUT2D eigenvalue weighted by molar-refractivity contribution is 5.66. The number of carboxylic acid groups (broad SMARTS) is 1. The highest BCUT2D eigenvalue weighted by Gasteiger charge is 2.10. The number of hydrogen-bond acceptors (Lipinski definition) is 3. The fraction of sp³-hybridized carbons (Fsp3) is 0.500. The van der Waals surface area contributed by atoms with Crippen molar-refractivity contribution < 1.29 is 19.4 Å². The first kappa shape index (κ1) is 15.6. The second kappa shape index (κ2) is 7.86. The van der Waals surface area contributed by atoms with E-state index in [4.69, 9.17) is 5.11 Å². The number of likely N-dealkylation sites (N-methyl/N-ethyl adjacent to an activating group) is 1. The van der Waals surface area contributed by atoms with Crippen molar-refractivity contribution in [3.05, 3.63) is 35.6 Å². The third-order valence-electron chi connectivity index (χ3n) is 2.89. The molecule has 2 N–H and O–H groups in total. The van der Waals surface area contributed by atoms with Crippen molar-refractivity contribution >= 4 is 5.97 Å². The topological polar surface area (TPSA) is 60.8 Å². The number of hydrogen-bond donors (Lipinski definition) is 2. The number of aliphatic carboxylic acids is 1. The lowest BCUT2D eigenvalue weighted by Crippen LogP contribution is -2.31. The SMILES string of the molecule is CN(CCc1cccc(F)c1)CC(O)CCC(=O)O. The Morgan fingerprint density at radius 3 is 2.84 bits per heavy atom. The van der Waals surface area contributed by atoms with Gasteiger partial charge in [0.15, 0.2) is 0 Å². The summed E-state index contributed by atoms with van der Waals surface area (Å²) in [4.78, 5) is 12.3. The molecule has 0 fully saturated rings. The van der Waals surface area contributed by atoms with Crippen LogP contribution in [0.4, 0.5) is 4.39 Å². The minimum absolute atomic E-state index is 0.0289. The van der Waals surface area contributed by atoms with Crippen LogP contribution in [0.2, 0.25) is 0 Å². The third kappa shape index (κ3) is 6.88. The van der Waals surface area contributed by atoms with E-state index in [1.54, 1.807) is 6.07 Å². The van der Waals surface area contributed by atoms with E-state index in [9.17, 15) is 14.3 Å². The van der Waals surface area contributed by atoms with Crippen molar-refractivity contribution in [1.82, 2.24) is 4.90 Å². The smallest absolute Gasteiger partial charge is 0.303 e. The van der Waals surface area contributed by atoms with Gasteiger partial charge in [0.1, 0.15) is 5.82 Å². The van der Waals surface area contributed by atoms with Gasteiger partial charge in [0.05, 0.1) is 6.10 Å². The van der Waals surface area contributed by atoms with Crippen LogP contribution in [0.3, 0.4) is 0 Å². The molecule has 0 amide bonds. The number of nitrogens with zero attached hydrogens (tertiary/aromatic N) is 1. The highest BCUT2D eigenvalue weighted by atomic mass is 19.1. The summed E-state index contributed by atoms with van der Waals surface area (Å²) in [6.45, 7) is 1.11. The molecule has 0 aliphatic rings. The highest BCUT2D eigenvalue weighted by Crippen LogP contribution is 2.06. The van der Waals surface area contributed by atoms with Gasteiger partial charge in [0, 0.05) is 19.5 Å². The van der Waals surface area contributed by atoms with Crippen LogP contribution in [0.15, 0.2) is 24.3 Å². The quantitative estimate of drug-likeness (QED) is 0.751. The molecule has 1 unspecified atom stereocenters. The average molecular weight is 269 g/mol. The van der Waals surface area contributed by atoms with Gasteiger partial charge in [0.25, 0.3) is 0 Å². The van der Waals surface area contributed by atoms with E-state index in [2.05, 4.69) is 0 Å². The molecular weight excluding hydrogens is 249 g/mol. The summed E-state index contributed by atoms with van der Waals surface area (Å²) < 4.78 is 13.0. The van der Waals surface area contributed by atoms with Crippen molar-refractivity contribution in [2.45, 2.75) is 25.4 Å². The Hall–Kier alpha value is -1.46. The van der Waals surface area contributed by atoms with Gasteiger partial charge in [-0.05, 0) is 37.6 Å². The summed E-state index contributed by atoms with van der Waals surface area (Å²) in [5, 5.41) is 18.2. The van der Waals surface area contributed by atoms with Crippen molar-refractivity contribution in [3.8, 4) is 0 Å². The molecule has 4 nitrogen and oxygen atoms in total. The Bertz CT molecular complexity index is 411. The lowest BCUT2D eigenvalue weighted by molar-refractivity contribution is -0.137. The molecule has 106 valence electrons. The average Bonchev–Trinajstić information content (AvgIpc) is 2.34. The maximum Gasteiger partial charge on any atom is 0.303 e. The second-order valence-corrected chi connectivity index (χ2v) is 4.73. The van der Waals surface area contributed by atoms with E-state index in [1.165, 1.54) is 12.1 Å². The fourth-order valence-corrected chi connectivity index (χ4v) is 1.84. The molecule has 0 saturated carbocycles. The minimum atomic E-state index is -0.901. The molecule has 0 heterocycles. The summed E-state index contributed by atoms with van der Waals surface area (Å²) in [7, 11) is 1.85. The van der Waals surface area contributed by atoms with Gasteiger partial charge in [-0.2, -0.15) is 0 Å². The van der Waals surface area contributed by atoms with Gasteiger partial charge in [-0.25, -0.2) is 4.39 Å². The van der Waals surface area contributed by atoms with Crippen LogP contribution >= 0.6 is 0 Å². The molecule has 1 atom stereocenters. The van der Waals surface area contributed by atoms with E-state index in [0.29, 0.717) is 19.5 Å². The maximum absolute atomic E-state index is 13.0. The van der Waals surface area contributed by atoms with Gasteiger partial charge in [0.2, 0.25) is 0 Å². The Morgan fingerprint density at radius 2 is 2.21 bits per heavy atom. The lowest BCUT2D eigenvalue weighted by Gasteiger charge is -2.20. The Balaban J connectivity index is 2.27. The third-order valence-corrected chi connectivity index (χ3v) is 2.89. The van der Waals surface area contributed by atoms with Crippen molar-refractivity contribution in [3.63, 3.8) is 0 Å². The first-order valence-corrected chi connectivity index (χ1v) is 6.30. The summed E-state index contributed by atoms with van der Waals surface area (Å²) in [6, 6.07) is 6.43. The molecule has 0 bridgehead atoms. The molecule has 1 rings (SSSR count). The van der Waals surface area contributed by atoms with Crippen LogP contribution in [0.1, 0.15) is 18.4 Å². The minimum Gasteiger partial charge on any atom is -0.481 e. The summed E-state index contributed by atoms with van der Waals surface area (Å²) in [5.41, 5.74) is 0.909. The number of carbonyl (C=O) groups is 1. The molecule has 0 spiro atoms. The van der Waals surface area contributed by atoms with Crippen LogP contribution in [0.5, 0.6) is 0 Å². The number of benzene rings is 1. The van der Waals surface area contributed by atoms with Crippen molar-refractivity contribution in [2.24, 2.45) is 0 Å². The Labute approximate surface area is 112 Å². The molecule has 0 saturated heterocycles. The largest absolute Gasteiger partial charge is 0.481 e. The second-order valence-electron chi connectivity index (χ2n) is 4.73. The Morgan fingerprint density at radius 1 is 1.47 bits per heavy atom. The molecule has 1 aromatic carbocycles. The molecule has 0 aromatic heterocycles. The van der Waals surface area contributed by atoms with Crippen LogP contribution in [0, 0.1) is 5.82 Å². The zero-order valence-corrected chi connectivity index (χ0v) is 11.1. The standard InChI is InChI=1S/C14H20FNO3/c1-16(10-13(17)5-6-14(18)19)8-7-11-3-2-4-12(15)9-11/h2-4,9,13,17H,5-8,10H2,1H3,(H,18,19). The monoisotopic (exact) mass is 269 g/mol. The molecule has 0 radical (unpaired) electrons. The van der Waals surface area contributed by atoms with E-state index in [-0.39, 0.29) is 18.7 Å². The fourth-order valence-electron chi connectivity index (χ4n) is 1.84. The van der Waals surface area contributed by atoms with E-state index >= 15 is 0 Å². The zero-order chi connectivity index (χ0) is 14.3. The predicted octanol–water partition coefficient (Wildman–Crippen LogP) is 1.53. The van der Waals surface area contributed by atoms with E-state index < -0.39 is 12.1 Å². The Kier molecular flexibility index (Phi) is 6.45. The molecule has 19 heavy (non-hydrogen) atoms. The van der Waals surface area contributed by atoms with E-state index in [1.807, 2.05) is 18.0 Å². The summed E-state index contributed by atoms with van der Waals surface area (Å²) in [5.74, 6) is -1.15. The van der Waals surface area contributed by atoms with Gasteiger partial charge in [-0.3, -0.25) is 4.79 Å². The predicted molar refractivity (Wildman–Crippen MR) is 70.5 cm³/mol. The molecule has 0 aliphatic carbocycles. The lowest BCUT2D eigenvalue weighted by atomic mass is 10.1. The van der Waals surface area contributed by atoms with E-state index in [0.717, 1.165) is 5.56 Å². The van der Waals surface area contributed by atoms with Crippen LogP contribution in [0.25, 0.3) is 0 Å². The van der Waals surface area contributed by atoms with Gasteiger partial charge < -0.3 is 15.1 Å². The van der Waals surface area contributed by atoms with Crippen molar-refractivity contribution in [2.75, 3.05) is 20.1 Å². The van der Waals surface area contributed by atoms with Gasteiger partial charge in [-0.1, -0.05) is 12.1 Å². The number of aliphatic hydroxyl groups is 1. The molecule has 5 heteroatoms. The van der Waals surface area contributed by atoms with Crippen LogP contribution < -0.4 is 0 Å². The van der Waals surface area contributed by atoms with Crippen molar-refractivity contribution in [1.29, 1.82) is 0 Å². The number of aliphatic hydroxyl groups excluding tert-OH is 1. The normalized spacial score (nSPS) is 12.6. The van der Waals surface area contributed by atoms with Crippen LogP contribution in [-0.4, -0.2) is 47.3 Å². The summed E-state index contributed by atoms with van der Waals surface area (Å²) >= 11 is 0. The van der Waals surface area contributed by atoms with Gasteiger partial charge in [-0.15, -0.1) is 0 Å². The first-order valence-electron chi connectivity index (χ1n) is 6.30. The number of carboxylic acids is 1. The first-order chi connectivity index (χ1) is 8.97.